The molecule has 20 heavy (non-hydrogen) atoms. The first kappa shape index (κ1) is 14.6. The van der Waals surface area contributed by atoms with Gasteiger partial charge < -0.3 is 16.0 Å². The summed E-state index contributed by atoms with van der Waals surface area (Å²) < 4.78 is 0. The van der Waals surface area contributed by atoms with E-state index >= 15 is 0 Å². The summed E-state index contributed by atoms with van der Waals surface area (Å²) >= 11 is 0. The van der Waals surface area contributed by atoms with E-state index in [1.165, 1.54) is 12.8 Å². The predicted octanol–water partition coefficient (Wildman–Crippen LogP) is 2.14. The van der Waals surface area contributed by atoms with E-state index in [1.54, 1.807) is 0 Å². The zero-order valence-electron chi connectivity index (χ0n) is 12.1. The number of amides is 1. The van der Waals surface area contributed by atoms with Crippen molar-refractivity contribution < 1.29 is 4.79 Å². The van der Waals surface area contributed by atoms with Crippen LogP contribution in [0.2, 0.25) is 0 Å². The number of nitrogens with one attached hydrogen (secondary N) is 1. The lowest BCUT2D eigenvalue weighted by Crippen LogP contribution is -2.40. The van der Waals surface area contributed by atoms with Crippen LogP contribution in [0.25, 0.3) is 0 Å². The van der Waals surface area contributed by atoms with E-state index in [0.29, 0.717) is 6.04 Å². The van der Waals surface area contributed by atoms with Gasteiger partial charge in [0, 0.05) is 12.6 Å². The van der Waals surface area contributed by atoms with Crippen LogP contribution in [-0.4, -0.2) is 30.0 Å². The van der Waals surface area contributed by atoms with Gasteiger partial charge >= 0.3 is 0 Å². The van der Waals surface area contributed by atoms with Gasteiger partial charge in [-0.2, -0.15) is 0 Å². The molecule has 1 aliphatic carbocycles. The van der Waals surface area contributed by atoms with Gasteiger partial charge in [0.25, 0.3) is 0 Å². The van der Waals surface area contributed by atoms with Crippen LogP contribution in [0.15, 0.2) is 18.5 Å². The third-order valence-electron chi connectivity index (χ3n) is 3.73. The molecule has 0 radical (unpaired) electrons. The highest BCUT2D eigenvalue weighted by atomic mass is 16.1. The molecule has 0 bridgehead atoms. The number of nitrogens with zero attached hydrogens (tertiary/aromatic N) is 2. The molecule has 1 fully saturated rings. The number of pyridine rings is 1. The van der Waals surface area contributed by atoms with Gasteiger partial charge in [0.2, 0.25) is 5.91 Å². The fourth-order valence-electron chi connectivity index (χ4n) is 2.77. The Kier molecular flexibility index (Phi) is 5.21. The molecule has 0 aromatic carbocycles. The minimum absolute atomic E-state index is 0.267. The molecule has 1 aliphatic rings. The molecule has 110 valence electrons. The number of aromatic nitrogens is 1. The van der Waals surface area contributed by atoms with Gasteiger partial charge in [0.05, 0.1) is 30.3 Å². The summed E-state index contributed by atoms with van der Waals surface area (Å²) in [5.74, 6) is -0.288. The minimum Gasteiger partial charge on any atom is -0.384 e. The summed E-state index contributed by atoms with van der Waals surface area (Å²) in [5, 5.41) is 3.33. The van der Waals surface area contributed by atoms with Crippen molar-refractivity contribution in [2.24, 2.45) is 5.73 Å². The maximum absolute atomic E-state index is 11.3. The monoisotopic (exact) mass is 276 g/mol. The molecule has 5 heteroatoms. The van der Waals surface area contributed by atoms with E-state index in [9.17, 15) is 4.79 Å². The lowest BCUT2D eigenvalue weighted by molar-refractivity contribution is -0.116. The molecular formula is C15H24N4O. The second-order valence-electron chi connectivity index (χ2n) is 5.39. The van der Waals surface area contributed by atoms with Crippen LogP contribution in [0, 0.1) is 0 Å². The Morgan fingerprint density at radius 3 is 2.85 bits per heavy atom. The summed E-state index contributed by atoms with van der Waals surface area (Å²) in [7, 11) is 0. The Morgan fingerprint density at radius 2 is 2.20 bits per heavy atom. The van der Waals surface area contributed by atoms with E-state index in [4.69, 9.17) is 5.73 Å². The SMILES string of the molecule is CCCNc1cncc(N(CC(N)=O)C2CCCC2)c1. The van der Waals surface area contributed by atoms with Gasteiger partial charge in [-0.1, -0.05) is 19.8 Å². The number of carbonyl (C=O) groups excluding carboxylic acids is 1. The van der Waals surface area contributed by atoms with Crippen molar-refractivity contribution in [3.8, 4) is 0 Å². The van der Waals surface area contributed by atoms with Gasteiger partial charge in [0.15, 0.2) is 0 Å². The Balaban J connectivity index is 2.16. The van der Waals surface area contributed by atoms with Crippen LogP contribution in [0.3, 0.4) is 0 Å². The topological polar surface area (TPSA) is 71.2 Å². The van der Waals surface area contributed by atoms with Crippen molar-refractivity contribution in [1.82, 2.24) is 4.98 Å². The zero-order valence-corrected chi connectivity index (χ0v) is 12.1. The second-order valence-corrected chi connectivity index (χ2v) is 5.39. The first-order valence-electron chi connectivity index (χ1n) is 7.44. The molecule has 3 N–H and O–H groups in total. The maximum Gasteiger partial charge on any atom is 0.236 e. The van der Waals surface area contributed by atoms with Crippen LogP contribution in [0.1, 0.15) is 39.0 Å². The summed E-state index contributed by atoms with van der Waals surface area (Å²) in [6.07, 6.45) is 9.40. The molecule has 1 heterocycles. The molecule has 0 saturated heterocycles. The van der Waals surface area contributed by atoms with Gasteiger partial charge in [-0.3, -0.25) is 9.78 Å². The van der Waals surface area contributed by atoms with E-state index in [0.717, 1.165) is 37.2 Å². The second kappa shape index (κ2) is 7.12. The van der Waals surface area contributed by atoms with Crippen molar-refractivity contribution in [2.45, 2.75) is 45.1 Å². The average Bonchev–Trinajstić information content (AvgIpc) is 2.96. The van der Waals surface area contributed by atoms with Crippen molar-refractivity contribution in [3.63, 3.8) is 0 Å². The van der Waals surface area contributed by atoms with Gasteiger partial charge in [-0.25, -0.2) is 0 Å². The summed E-state index contributed by atoms with van der Waals surface area (Å²) in [6, 6.07) is 2.47. The zero-order chi connectivity index (χ0) is 14.4. The van der Waals surface area contributed by atoms with Crippen LogP contribution in [0.4, 0.5) is 11.4 Å². The van der Waals surface area contributed by atoms with E-state index in [1.807, 2.05) is 12.4 Å². The molecule has 0 spiro atoms. The minimum atomic E-state index is -0.288. The van der Waals surface area contributed by atoms with Gasteiger partial charge in [-0.05, 0) is 25.3 Å². The van der Waals surface area contributed by atoms with E-state index < -0.39 is 0 Å². The van der Waals surface area contributed by atoms with E-state index in [-0.39, 0.29) is 12.5 Å². The quantitative estimate of drug-likeness (QED) is 0.800. The van der Waals surface area contributed by atoms with E-state index in [2.05, 4.69) is 28.2 Å². The summed E-state index contributed by atoms with van der Waals surface area (Å²) in [6.45, 7) is 3.32. The molecule has 0 aliphatic heterocycles. The van der Waals surface area contributed by atoms with Crippen LogP contribution in [-0.2, 0) is 4.79 Å². The predicted molar refractivity (Wildman–Crippen MR) is 81.8 cm³/mol. The molecule has 1 saturated carbocycles. The number of hydrogen-bond acceptors (Lipinski definition) is 4. The number of nitrogens with two attached hydrogens (primary N) is 1. The fourth-order valence-corrected chi connectivity index (χ4v) is 2.77. The lowest BCUT2D eigenvalue weighted by Gasteiger charge is -2.30. The summed E-state index contributed by atoms with van der Waals surface area (Å²) in [5.41, 5.74) is 7.38. The molecule has 1 aromatic heterocycles. The molecule has 0 unspecified atom stereocenters. The molecule has 2 rings (SSSR count). The van der Waals surface area contributed by atoms with Crippen molar-refractivity contribution in [1.29, 1.82) is 0 Å². The highest BCUT2D eigenvalue weighted by molar-refractivity contribution is 5.80. The third kappa shape index (κ3) is 3.85. The number of hydrogen-bond donors (Lipinski definition) is 2. The highest BCUT2D eigenvalue weighted by Crippen LogP contribution is 2.28. The van der Waals surface area contributed by atoms with Crippen molar-refractivity contribution in [2.75, 3.05) is 23.3 Å². The molecule has 1 aromatic rings. The Labute approximate surface area is 120 Å². The number of carbonyl (C=O) groups is 1. The van der Waals surface area contributed by atoms with Crippen molar-refractivity contribution >= 4 is 17.3 Å². The molecule has 0 atom stereocenters. The number of anilines is 2. The number of rotatable bonds is 7. The van der Waals surface area contributed by atoms with Crippen LogP contribution in [0.5, 0.6) is 0 Å². The molecule has 1 amide bonds. The van der Waals surface area contributed by atoms with Crippen molar-refractivity contribution in [3.05, 3.63) is 18.5 Å². The highest BCUT2D eigenvalue weighted by Gasteiger charge is 2.24. The standard InChI is InChI=1S/C15H24N4O/c1-2-7-18-12-8-14(10-17-9-12)19(11-15(16)20)13-5-3-4-6-13/h8-10,13,18H,2-7,11H2,1H3,(H2,16,20). The first-order valence-corrected chi connectivity index (χ1v) is 7.44. The largest absolute Gasteiger partial charge is 0.384 e. The molecular weight excluding hydrogens is 252 g/mol. The smallest absolute Gasteiger partial charge is 0.236 e. The Bertz CT molecular complexity index is 443. The summed E-state index contributed by atoms with van der Waals surface area (Å²) in [4.78, 5) is 17.7. The average molecular weight is 276 g/mol. The Hall–Kier alpha value is -1.78. The molecule has 5 nitrogen and oxygen atoms in total. The van der Waals surface area contributed by atoms with Gasteiger partial charge in [-0.15, -0.1) is 0 Å². The fraction of sp³-hybridized carbons (Fsp3) is 0.600. The number of primary amides is 1. The third-order valence-corrected chi connectivity index (χ3v) is 3.73. The van der Waals surface area contributed by atoms with Gasteiger partial charge in [0.1, 0.15) is 0 Å². The Morgan fingerprint density at radius 1 is 1.45 bits per heavy atom. The first-order chi connectivity index (χ1) is 9.70. The van der Waals surface area contributed by atoms with Crippen LogP contribution < -0.4 is 16.0 Å². The lowest BCUT2D eigenvalue weighted by atomic mass is 10.2. The van der Waals surface area contributed by atoms with Crippen LogP contribution >= 0.6 is 0 Å². The maximum atomic E-state index is 11.3. The normalized spacial score (nSPS) is 15.2.